The molecule has 0 radical (unpaired) electrons. The van der Waals surface area contributed by atoms with Crippen molar-refractivity contribution in [2.45, 2.75) is 44.2 Å². The van der Waals surface area contributed by atoms with Gasteiger partial charge in [-0.25, -0.2) is 8.42 Å². The SMILES string of the molecule is CN(C)[C@H]1CCCC[C@@H]1N1CC(CS(=O)(=O)Cl)CC1=O. The van der Waals surface area contributed by atoms with Gasteiger partial charge in [0.25, 0.3) is 0 Å². The van der Waals surface area contributed by atoms with Gasteiger partial charge in [0, 0.05) is 41.6 Å². The van der Waals surface area contributed by atoms with E-state index in [-0.39, 0.29) is 23.6 Å². The summed E-state index contributed by atoms with van der Waals surface area (Å²) in [6.45, 7) is 0.528. The number of halogens is 1. The number of rotatable bonds is 4. The summed E-state index contributed by atoms with van der Waals surface area (Å²) in [5.74, 6) is -0.181. The Kier molecular flexibility index (Phi) is 4.97. The van der Waals surface area contributed by atoms with E-state index in [1.54, 1.807) is 0 Å². The van der Waals surface area contributed by atoms with Crippen LogP contribution in [0.4, 0.5) is 0 Å². The van der Waals surface area contributed by atoms with Gasteiger partial charge in [0.2, 0.25) is 15.0 Å². The van der Waals surface area contributed by atoms with Crippen molar-refractivity contribution < 1.29 is 13.2 Å². The average Bonchev–Trinajstić information content (AvgIpc) is 2.67. The molecule has 1 amide bonds. The molecule has 1 saturated carbocycles. The van der Waals surface area contributed by atoms with E-state index in [1.807, 2.05) is 19.0 Å². The highest BCUT2D eigenvalue weighted by atomic mass is 35.7. The van der Waals surface area contributed by atoms with Crippen molar-refractivity contribution in [2.75, 3.05) is 26.4 Å². The highest BCUT2D eigenvalue weighted by molar-refractivity contribution is 8.13. The Hall–Kier alpha value is -0.330. The Morgan fingerprint density at radius 3 is 2.55 bits per heavy atom. The van der Waals surface area contributed by atoms with E-state index in [0.717, 1.165) is 19.3 Å². The zero-order valence-corrected chi connectivity index (χ0v) is 13.7. The van der Waals surface area contributed by atoms with Gasteiger partial charge in [-0.1, -0.05) is 12.8 Å². The molecule has 1 unspecified atom stereocenters. The summed E-state index contributed by atoms with van der Waals surface area (Å²) < 4.78 is 22.4. The fourth-order valence-electron chi connectivity index (χ4n) is 3.58. The van der Waals surface area contributed by atoms with Crippen molar-refractivity contribution in [3.05, 3.63) is 0 Å². The minimum absolute atomic E-state index is 0.0778. The lowest BCUT2D eigenvalue weighted by Crippen LogP contribution is -2.51. The molecule has 2 aliphatic rings. The molecule has 0 spiro atoms. The smallest absolute Gasteiger partial charge is 0.232 e. The van der Waals surface area contributed by atoms with Gasteiger partial charge < -0.3 is 9.80 Å². The van der Waals surface area contributed by atoms with Gasteiger partial charge in [0.05, 0.1) is 5.75 Å². The average molecular weight is 323 g/mol. The summed E-state index contributed by atoms with van der Waals surface area (Å²) in [6.07, 6.45) is 4.75. The lowest BCUT2D eigenvalue weighted by molar-refractivity contribution is -0.131. The number of carbonyl (C=O) groups is 1. The Morgan fingerprint density at radius 1 is 1.30 bits per heavy atom. The van der Waals surface area contributed by atoms with Crippen molar-refractivity contribution in [1.82, 2.24) is 9.80 Å². The summed E-state index contributed by atoms with van der Waals surface area (Å²) in [6, 6.07) is 0.591. The number of amides is 1. The highest BCUT2D eigenvalue weighted by Crippen LogP contribution is 2.31. The van der Waals surface area contributed by atoms with Crippen molar-refractivity contribution in [3.63, 3.8) is 0 Å². The fourth-order valence-corrected chi connectivity index (χ4v) is 4.90. The Morgan fingerprint density at radius 2 is 1.95 bits per heavy atom. The highest BCUT2D eigenvalue weighted by Gasteiger charge is 2.40. The monoisotopic (exact) mass is 322 g/mol. The van der Waals surface area contributed by atoms with Gasteiger partial charge >= 0.3 is 0 Å². The summed E-state index contributed by atoms with van der Waals surface area (Å²) in [5, 5.41) is 0. The molecule has 0 aromatic rings. The normalized spacial score (nSPS) is 32.1. The first kappa shape index (κ1) is 16.0. The van der Waals surface area contributed by atoms with Crippen LogP contribution < -0.4 is 0 Å². The van der Waals surface area contributed by atoms with Crippen molar-refractivity contribution >= 4 is 25.6 Å². The maximum absolute atomic E-state index is 12.2. The molecule has 0 N–H and O–H groups in total. The van der Waals surface area contributed by atoms with Gasteiger partial charge in [-0.15, -0.1) is 0 Å². The molecule has 0 aromatic carbocycles. The van der Waals surface area contributed by atoms with Crippen LogP contribution in [0.1, 0.15) is 32.1 Å². The van der Waals surface area contributed by atoms with Gasteiger partial charge in [-0.05, 0) is 26.9 Å². The van der Waals surface area contributed by atoms with Crippen LogP contribution in [0.2, 0.25) is 0 Å². The van der Waals surface area contributed by atoms with E-state index in [9.17, 15) is 13.2 Å². The van der Waals surface area contributed by atoms with E-state index >= 15 is 0 Å². The van der Waals surface area contributed by atoms with Crippen LogP contribution in [0.5, 0.6) is 0 Å². The maximum atomic E-state index is 12.2. The molecule has 1 heterocycles. The third-order valence-electron chi connectivity index (χ3n) is 4.43. The zero-order chi connectivity index (χ0) is 14.9. The Labute approximate surface area is 125 Å². The van der Waals surface area contributed by atoms with Crippen LogP contribution in [0.15, 0.2) is 0 Å². The summed E-state index contributed by atoms with van der Waals surface area (Å²) in [4.78, 5) is 16.3. The molecule has 7 heteroatoms. The second-order valence-electron chi connectivity index (χ2n) is 6.20. The molecule has 1 aliphatic carbocycles. The number of nitrogens with zero attached hydrogens (tertiary/aromatic N) is 2. The molecule has 5 nitrogen and oxygen atoms in total. The second-order valence-corrected chi connectivity index (χ2v) is 9.03. The number of hydrogen-bond acceptors (Lipinski definition) is 4. The number of hydrogen-bond donors (Lipinski definition) is 0. The van der Waals surface area contributed by atoms with Crippen LogP contribution in [0.3, 0.4) is 0 Å². The fraction of sp³-hybridized carbons (Fsp3) is 0.923. The Balaban J connectivity index is 2.06. The predicted octanol–water partition coefficient (Wildman–Crippen LogP) is 1.28. The lowest BCUT2D eigenvalue weighted by atomic mass is 9.88. The quantitative estimate of drug-likeness (QED) is 0.732. The maximum Gasteiger partial charge on any atom is 0.232 e. The topological polar surface area (TPSA) is 57.7 Å². The molecule has 0 aromatic heterocycles. The molecule has 1 aliphatic heterocycles. The minimum Gasteiger partial charge on any atom is -0.338 e. The Bertz CT molecular complexity index is 466. The van der Waals surface area contributed by atoms with Gasteiger partial charge in [-0.3, -0.25) is 4.79 Å². The molecule has 1 saturated heterocycles. The number of likely N-dealkylation sites (N-methyl/N-ethyl adjacent to an activating group) is 1. The summed E-state index contributed by atoms with van der Waals surface area (Å²) >= 11 is 0. The zero-order valence-electron chi connectivity index (χ0n) is 12.1. The van der Waals surface area contributed by atoms with Gasteiger partial charge in [0.1, 0.15) is 0 Å². The molecule has 3 atom stereocenters. The number of likely N-dealkylation sites (tertiary alicyclic amines) is 1. The minimum atomic E-state index is -3.53. The van der Waals surface area contributed by atoms with E-state index < -0.39 is 9.05 Å². The first-order valence-electron chi connectivity index (χ1n) is 7.16. The van der Waals surface area contributed by atoms with Crippen molar-refractivity contribution in [2.24, 2.45) is 5.92 Å². The predicted molar refractivity (Wildman–Crippen MR) is 79.2 cm³/mol. The third-order valence-corrected chi connectivity index (χ3v) is 5.68. The van der Waals surface area contributed by atoms with Crippen LogP contribution in [0, 0.1) is 5.92 Å². The summed E-state index contributed by atoms with van der Waals surface area (Å²) in [5.41, 5.74) is 0. The molecular weight excluding hydrogens is 300 g/mol. The number of carbonyl (C=O) groups excluding carboxylic acids is 1. The van der Waals surface area contributed by atoms with Crippen molar-refractivity contribution in [3.8, 4) is 0 Å². The standard InChI is InChI=1S/C13H23ClN2O3S/c1-15(2)11-5-3-4-6-12(11)16-8-10(7-13(16)17)9-20(14,18)19/h10-12H,3-9H2,1-2H3/t10?,11-,12-/m0/s1. The molecule has 2 rings (SSSR count). The van der Waals surface area contributed by atoms with Gasteiger partial charge in [0.15, 0.2) is 0 Å². The molecular formula is C13H23ClN2O3S. The molecule has 2 fully saturated rings. The van der Waals surface area contributed by atoms with E-state index in [0.29, 0.717) is 19.0 Å². The third kappa shape index (κ3) is 3.86. The largest absolute Gasteiger partial charge is 0.338 e. The van der Waals surface area contributed by atoms with Crippen LogP contribution in [-0.4, -0.2) is 62.6 Å². The molecule has 0 bridgehead atoms. The molecule has 20 heavy (non-hydrogen) atoms. The first-order chi connectivity index (χ1) is 9.28. The second kappa shape index (κ2) is 6.20. The summed E-state index contributed by atoms with van der Waals surface area (Å²) in [7, 11) is 5.87. The van der Waals surface area contributed by atoms with Crippen molar-refractivity contribution in [1.29, 1.82) is 0 Å². The van der Waals surface area contributed by atoms with E-state index in [4.69, 9.17) is 10.7 Å². The van der Waals surface area contributed by atoms with E-state index in [2.05, 4.69) is 4.90 Å². The first-order valence-corrected chi connectivity index (χ1v) is 9.64. The van der Waals surface area contributed by atoms with Gasteiger partial charge in [-0.2, -0.15) is 0 Å². The van der Waals surface area contributed by atoms with Crippen LogP contribution in [0.25, 0.3) is 0 Å². The van der Waals surface area contributed by atoms with Crippen LogP contribution >= 0.6 is 10.7 Å². The van der Waals surface area contributed by atoms with Crippen LogP contribution in [-0.2, 0) is 13.8 Å². The molecule has 116 valence electrons. The van der Waals surface area contributed by atoms with E-state index in [1.165, 1.54) is 6.42 Å². The lowest BCUT2D eigenvalue weighted by Gasteiger charge is -2.41.